The molecule has 2 aliphatic rings. The third-order valence-corrected chi connectivity index (χ3v) is 6.84. The molecular formula is C30H32N4O3. The van der Waals surface area contributed by atoms with E-state index in [4.69, 9.17) is 4.74 Å². The van der Waals surface area contributed by atoms with Crippen LogP contribution >= 0.6 is 0 Å². The fourth-order valence-corrected chi connectivity index (χ4v) is 4.63. The Kier molecular flexibility index (Phi) is 7.63. The standard InChI is InChI=1S/C30H32N4O3/c1-21(15-16-34-17-19-37-20-18-34)29(35)32-24-13-11-23(12-14-24)31-28(22-7-3-2-4-8-22)27-25-9-5-6-10-26(25)33-30(27)36/h2-14,21,31H,15-20H2,1H3,(H,32,35)(H,33,36)/b28-27-. The molecule has 190 valence electrons. The van der Waals surface area contributed by atoms with E-state index in [-0.39, 0.29) is 17.7 Å². The third kappa shape index (κ3) is 5.90. The average Bonchev–Trinajstić information content (AvgIpc) is 3.27. The molecule has 7 nitrogen and oxygen atoms in total. The second kappa shape index (κ2) is 11.4. The first-order valence-electron chi connectivity index (χ1n) is 12.8. The van der Waals surface area contributed by atoms with E-state index in [1.165, 1.54) is 0 Å². The minimum atomic E-state index is -0.137. The monoisotopic (exact) mass is 496 g/mol. The van der Waals surface area contributed by atoms with Gasteiger partial charge in [0.15, 0.2) is 0 Å². The lowest BCUT2D eigenvalue weighted by Gasteiger charge is -2.27. The van der Waals surface area contributed by atoms with Gasteiger partial charge in [0.1, 0.15) is 0 Å². The molecule has 7 heteroatoms. The molecule has 3 aromatic carbocycles. The lowest BCUT2D eigenvalue weighted by molar-refractivity contribution is -0.119. The lowest BCUT2D eigenvalue weighted by Crippen LogP contribution is -2.38. The molecule has 2 amide bonds. The van der Waals surface area contributed by atoms with Crippen molar-refractivity contribution in [2.24, 2.45) is 5.92 Å². The summed E-state index contributed by atoms with van der Waals surface area (Å²) in [6, 6.07) is 25.1. The van der Waals surface area contributed by atoms with Crippen LogP contribution in [-0.2, 0) is 14.3 Å². The number of benzene rings is 3. The van der Waals surface area contributed by atoms with Gasteiger partial charge in [0.25, 0.3) is 5.91 Å². The number of fused-ring (bicyclic) bond motifs is 1. The van der Waals surface area contributed by atoms with Gasteiger partial charge < -0.3 is 20.7 Å². The van der Waals surface area contributed by atoms with Crippen LogP contribution in [0.25, 0.3) is 11.3 Å². The van der Waals surface area contributed by atoms with Gasteiger partial charge >= 0.3 is 0 Å². The normalized spacial score (nSPS) is 17.5. The summed E-state index contributed by atoms with van der Waals surface area (Å²) in [5.74, 6) is -0.209. The maximum absolute atomic E-state index is 13.0. The fourth-order valence-electron chi connectivity index (χ4n) is 4.63. The van der Waals surface area contributed by atoms with Gasteiger partial charge in [-0.2, -0.15) is 0 Å². The summed E-state index contributed by atoms with van der Waals surface area (Å²) in [5, 5.41) is 9.45. The average molecular weight is 497 g/mol. The highest BCUT2D eigenvalue weighted by Crippen LogP contribution is 2.37. The van der Waals surface area contributed by atoms with Crippen molar-refractivity contribution in [3.05, 3.63) is 90.0 Å². The highest BCUT2D eigenvalue weighted by Gasteiger charge is 2.28. The van der Waals surface area contributed by atoms with Crippen LogP contribution in [0, 0.1) is 5.92 Å². The Labute approximate surface area is 217 Å². The number of para-hydroxylation sites is 1. The van der Waals surface area contributed by atoms with E-state index in [0.717, 1.165) is 73.2 Å². The van der Waals surface area contributed by atoms with E-state index in [0.29, 0.717) is 5.57 Å². The number of rotatable bonds is 8. The molecule has 1 unspecified atom stereocenters. The van der Waals surface area contributed by atoms with E-state index < -0.39 is 0 Å². The van der Waals surface area contributed by atoms with Crippen LogP contribution < -0.4 is 16.0 Å². The molecule has 1 fully saturated rings. The molecule has 3 N–H and O–H groups in total. The number of amides is 2. The molecule has 1 atom stereocenters. The quantitative estimate of drug-likeness (QED) is 0.386. The molecule has 0 spiro atoms. The predicted octanol–water partition coefficient (Wildman–Crippen LogP) is 4.92. The summed E-state index contributed by atoms with van der Waals surface area (Å²) >= 11 is 0. The number of carbonyl (C=O) groups excluding carboxylic acids is 2. The Hall–Kier alpha value is -3.94. The zero-order chi connectivity index (χ0) is 25.6. The van der Waals surface area contributed by atoms with Crippen LogP contribution in [0.4, 0.5) is 17.1 Å². The van der Waals surface area contributed by atoms with Gasteiger partial charge in [-0.15, -0.1) is 0 Å². The molecule has 2 heterocycles. The Bertz CT molecular complexity index is 1280. The van der Waals surface area contributed by atoms with Crippen LogP contribution in [0.3, 0.4) is 0 Å². The minimum absolute atomic E-state index is 0.0142. The predicted molar refractivity (Wildman–Crippen MR) is 148 cm³/mol. The van der Waals surface area contributed by atoms with Gasteiger partial charge in [-0.05, 0) is 48.9 Å². The maximum atomic E-state index is 13.0. The molecule has 0 radical (unpaired) electrons. The summed E-state index contributed by atoms with van der Waals surface area (Å²) in [6.45, 7) is 6.25. The SMILES string of the molecule is CC(CCN1CCOCC1)C(=O)Nc1ccc(N/C(=C2\C(=O)Nc3ccccc32)c2ccccc2)cc1. The topological polar surface area (TPSA) is 82.7 Å². The van der Waals surface area contributed by atoms with E-state index >= 15 is 0 Å². The molecule has 1 saturated heterocycles. The zero-order valence-corrected chi connectivity index (χ0v) is 21.0. The highest BCUT2D eigenvalue weighted by molar-refractivity contribution is 6.37. The number of hydrogen-bond donors (Lipinski definition) is 3. The van der Waals surface area contributed by atoms with Crippen molar-refractivity contribution < 1.29 is 14.3 Å². The van der Waals surface area contributed by atoms with Crippen molar-refractivity contribution >= 4 is 40.1 Å². The molecule has 3 aromatic rings. The minimum Gasteiger partial charge on any atom is -0.379 e. The summed E-state index contributed by atoms with van der Waals surface area (Å²) in [6.07, 6.45) is 0.809. The van der Waals surface area contributed by atoms with Crippen LogP contribution in [0.5, 0.6) is 0 Å². The number of hydrogen-bond acceptors (Lipinski definition) is 5. The molecule has 2 aliphatic heterocycles. The summed E-state index contributed by atoms with van der Waals surface area (Å²) < 4.78 is 5.39. The van der Waals surface area contributed by atoms with Gasteiger partial charge in [-0.1, -0.05) is 55.5 Å². The van der Waals surface area contributed by atoms with E-state index in [2.05, 4.69) is 20.9 Å². The van der Waals surface area contributed by atoms with Crippen LogP contribution in [-0.4, -0.2) is 49.6 Å². The third-order valence-electron chi connectivity index (χ3n) is 6.84. The van der Waals surface area contributed by atoms with Crippen LogP contribution in [0.2, 0.25) is 0 Å². The Balaban J connectivity index is 1.29. The summed E-state index contributed by atoms with van der Waals surface area (Å²) in [7, 11) is 0. The van der Waals surface area contributed by atoms with Crippen molar-refractivity contribution in [2.45, 2.75) is 13.3 Å². The van der Waals surface area contributed by atoms with E-state index in [1.807, 2.05) is 85.8 Å². The summed E-state index contributed by atoms with van der Waals surface area (Å²) in [5.41, 5.74) is 5.49. The molecular weight excluding hydrogens is 464 g/mol. The van der Waals surface area contributed by atoms with Gasteiger partial charge in [-0.25, -0.2) is 0 Å². The highest BCUT2D eigenvalue weighted by atomic mass is 16.5. The molecule has 0 aliphatic carbocycles. The Morgan fingerprint density at radius 2 is 1.57 bits per heavy atom. The van der Waals surface area contributed by atoms with Crippen LogP contribution in [0.15, 0.2) is 78.9 Å². The largest absolute Gasteiger partial charge is 0.379 e. The van der Waals surface area contributed by atoms with E-state index in [9.17, 15) is 9.59 Å². The van der Waals surface area contributed by atoms with Crippen molar-refractivity contribution in [1.29, 1.82) is 0 Å². The maximum Gasteiger partial charge on any atom is 0.258 e. The zero-order valence-electron chi connectivity index (χ0n) is 21.0. The van der Waals surface area contributed by atoms with Crippen molar-refractivity contribution in [2.75, 3.05) is 48.8 Å². The number of nitrogens with one attached hydrogen (secondary N) is 3. The lowest BCUT2D eigenvalue weighted by atomic mass is 10.00. The second-order valence-electron chi connectivity index (χ2n) is 9.45. The number of ether oxygens (including phenoxy) is 1. The van der Waals surface area contributed by atoms with Gasteiger partial charge in [-0.3, -0.25) is 14.5 Å². The molecule has 0 saturated carbocycles. The van der Waals surface area contributed by atoms with Gasteiger partial charge in [0.2, 0.25) is 5.91 Å². The first-order valence-corrected chi connectivity index (χ1v) is 12.8. The molecule has 37 heavy (non-hydrogen) atoms. The van der Waals surface area contributed by atoms with Gasteiger partial charge in [0, 0.05) is 41.6 Å². The number of nitrogens with zero attached hydrogens (tertiary/aromatic N) is 1. The smallest absolute Gasteiger partial charge is 0.258 e. The Morgan fingerprint density at radius 1 is 0.919 bits per heavy atom. The second-order valence-corrected chi connectivity index (χ2v) is 9.45. The fraction of sp³-hybridized carbons (Fsp3) is 0.267. The van der Waals surface area contributed by atoms with Crippen molar-refractivity contribution in [1.82, 2.24) is 4.90 Å². The van der Waals surface area contributed by atoms with E-state index in [1.54, 1.807) is 0 Å². The Morgan fingerprint density at radius 3 is 2.30 bits per heavy atom. The number of carbonyl (C=O) groups is 2. The molecule has 0 bridgehead atoms. The number of anilines is 3. The van der Waals surface area contributed by atoms with Crippen LogP contribution in [0.1, 0.15) is 24.5 Å². The molecule has 5 rings (SSSR count). The first kappa shape index (κ1) is 24.7. The summed E-state index contributed by atoms with van der Waals surface area (Å²) in [4.78, 5) is 28.0. The van der Waals surface area contributed by atoms with Crippen molar-refractivity contribution in [3.8, 4) is 0 Å². The van der Waals surface area contributed by atoms with Gasteiger partial charge in [0.05, 0.1) is 24.5 Å². The molecule has 0 aromatic heterocycles. The number of morpholine rings is 1. The first-order chi connectivity index (χ1) is 18.1. The van der Waals surface area contributed by atoms with Crippen molar-refractivity contribution in [3.63, 3.8) is 0 Å².